The van der Waals surface area contributed by atoms with Crippen molar-refractivity contribution in [3.8, 4) is 5.75 Å². The van der Waals surface area contributed by atoms with Gasteiger partial charge in [-0.2, -0.15) is 0 Å². The Morgan fingerprint density at radius 3 is 2.61 bits per heavy atom. The van der Waals surface area contributed by atoms with Crippen LogP contribution in [0.15, 0.2) is 47.5 Å². The molecule has 0 saturated carbocycles. The molecule has 7 heteroatoms. The highest BCUT2D eigenvalue weighted by Gasteiger charge is 2.11. The highest BCUT2D eigenvalue weighted by Crippen LogP contribution is 2.25. The molecule has 1 aliphatic heterocycles. The standard InChI is InChI=1S/C21H25N3O3.HI/c1-22-21(24-14-16-3-6-17(7-4-16)20(25)26-2)23-11-9-15-5-8-19-18(13-15)10-12-27-19;/h3-8,13H,9-12,14H2,1-2H3,(H2,22,23,24);1H. The molecule has 1 aliphatic rings. The van der Waals surface area contributed by atoms with Crippen LogP contribution < -0.4 is 15.4 Å². The number of aliphatic imine (C=N–C) groups is 1. The lowest BCUT2D eigenvalue weighted by Crippen LogP contribution is -2.37. The van der Waals surface area contributed by atoms with E-state index in [4.69, 9.17) is 9.47 Å². The zero-order valence-corrected chi connectivity index (χ0v) is 18.5. The quantitative estimate of drug-likeness (QED) is 0.279. The van der Waals surface area contributed by atoms with Crippen molar-refractivity contribution in [2.24, 2.45) is 4.99 Å². The number of nitrogens with one attached hydrogen (secondary N) is 2. The van der Waals surface area contributed by atoms with Crippen molar-refractivity contribution >= 4 is 35.9 Å². The van der Waals surface area contributed by atoms with Crippen molar-refractivity contribution in [1.29, 1.82) is 0 Å². The molecular weight excluding hydrogens is 469 g/mol. The Bertz CT molecular complexity index is 822. The van der Waals surface area contributed by atoms with E-state index in [1.165, 1.54) is 18.2 Å². The maximum atomic E-state index is 11.5. The van der Waals surface area contributed by atoms with Gasteiger partial charge < -0.3 is 20.1 Å². The minimum atomic E-state index is -0.329. The van der Waals surface area contributed by atoms with Crippen molar-refractivity contribution in [3.63, 3.8) is 0 Å². The van der Waals surface area contributed by atoms with Gasteiger partial charge in [0.2, 0.25) is 0 Å². The second kappa shape index (κ2) is 10.9. The van der Waals surface area contributed by atoms with Gasteiger partial charge in [0.15, 0.2) is 5.96 Å². The molecule has 6 nitrogen and oxygen atoms in total. The van der Waals surface area contributed by atoms with E-state index in [2.05, 4.69) is 33.8 Å². The zero-order valence-electron chi connectivity index (χ0n) is 16.2. The fourth-order valence-corrected chi connectivity index (χ4v) is 3.00. The maximum absolute atomic E-state index is 11.5. The highest BCUT2D eigenvalue weighted by atomic mass is 127. The van der Waals surface area contributed by atoms with Crippen LogP contribution in [0.5, 0.6) is 5.75 Å². The van der Waals surface area contributed by atoms with Crippen LogP contribution in [-0.2, 0) is 24.1 Å². The number of carbonyl (C=O) groups excluding carboxylic acids is 1. The lowest BCUT2D eigenvalue weighted by atomic mass is 10.1. The first kappa shape index (κ1) is 22.0. The molecular formula is C21H26IN3O3. The van der Waals surface area contributed by atoms with E-state index in [0.717, 1.165) is 43.3 Å². The van der Waals surface area contributed by atoms with Crippen LogP contribution in [0.2, 0.25) is 0 Å². The van der Waals surface area contributed by atoms with E-state index in [-0.39, 0.29) is 29.9 Å². The number of hydrogen-bond donors (Lipinski definition) is 2. The topological polar surface area (TPSA) is 72.0 Å². The molecule has 150 valence electrons. The molecule has 0 bridgehead atoms. The van der Waals surface area contributed by atoms with Crippen molar-refractivity contribution in [2.45, 2.75) is 19.4 Å². The van der Waals surface area contributed by atoms with Gasteiger partial charge in [-0.1, -0.05) is 24.3 Å². The van der Waals surface area contributed by atoms with Crippen LogP contribution in [-0.4, -0.2) is 39.2 Å². The molecule has 2 aromatic carbocycles. The number of esters is 1. The molecule has 3 rings (SSSR count). The first-order valence-electron chi connectivity index (χ1n) is 9.06. The largest absolute Gasteiger partial charge is 0.493 e. The van der Waals surface area contributed by atoms with Gasteiger partial charge in [0, 0.05) is 26.6 Å². The van der Waals surface area contributed by atoms with Gasteiger partial charge in [0.05, 0.1) is 19.3 Å². The average molecular weight is 495 g/mol. The Morgan fingerprint density at radius 1 is 1.14 bits per heavy atom. The summed E-state index contributed by atoms with van der Waals surface area (Å²) in [6.07, 6.45) is 1.91. The van der Waals surface area contributed by atoms with Gasteiger partial charge >= 0.3 is 5.97 Å². The van der Waals surface area contributed by atoms with Crippen LogP contribution in [0.4, 0.5) is 0 Å². The van der Waals surface area contributed by atoms with Gasteiger partial charge in [-0.3, -0.25) is 4.99 Å². The Labute approximate surface area is 182 Å². The van der Waals surface area contributed by atoms with E-state index in [9.17, 15) is 4.79 Å². The third-order valence-corrected chi connectivity index (χ3v) is 4.52. The van der Waals surface area contributed by atoms with Crippen LogP contribution >= 0.6 is 24.0 Å². The minimum absolute atomic E-state index is 0. The first-order valence-corrected chi connectivity index (χ1v) is 9.06. The molecule has 0 spiro atoms. The third-order valence-electron chi connectivity index (χ3n) is 4.52. The lowest BCUT2D eigenvalue weighted by Gasteiger charge is -2.12. The van der Waals surface area contributed by atoms with E-state index in [1.54, 1.807) is 19.2 Å². The number of guanidine groups is 1. The summed E-state index contributed by atoms with van der Waals surface area (Å²) >= 11 is 0. The summed E-state index contributed by atoms with van der Waals surface area (Å²) in [5, 5.41) is 6.61. The first-order chi connectivity index (χ1) is 13.2. The van der Waals surface area contributed by atoms with Crippen LogP contribution in [0.1, 0.15) is 27.0 Å². The molecule has 0 fully saturated rings. The summed E-state index contributed by atoms with van der Waals surface area (Å²) in [7, 11) is 3.13. The summed E-state index contributed by atoms with van der Waals surface area (Å²) in [6.45, 7) is 2.20. The third kappa shape index (κ3) is 5.85. The second-order valence-corrected chi connectivity index (χ2v) is 6.33. The molecule has 0 amide bonds. The number of rotatable bonds is 6. The molecule has 0 aromatic heterocycles. The number of nitrogens with zero attached hydrogens (tertiary/aromatic N) is 1. The summed E-state index contributed by atoms with van der Waals surface area (Å²) < 4.78 is 10.3. The number of halogens is 1. The SMILES string of the molecule is CN=C(NCCc1ccc2c(c1)CCO2)NCc1ccc(C(=O)OC)cc1.I. The van der Waals surface area contributed by atoms with Crippen LogP contribution in [0.25, 0.3) is 0 Å². The number of methoxy groups -OCH3 is 1. The van der Waals surface area contributed by atoms with Gasteiger partial charge in [-0.25, -0.2) is 4.79 Å². The molecule has 2 aromatic rings. The predicted molar refractivity (Wildman–Crippen MR) is 121 cm³/mol. The number of ether oxygens (including phenoxy) is 2. The molecule has 0 unspecified atom stereocenters. The van der Waals surface area contributed by atoms with Crippen molar-refractivity contribution in [1.82, 2.24) is 10.6 Å². The van der Waals surface area contributed by atoms with Gasteiger partial charge in [-0.15, -0.1) is 24.0 Å². The monoisotopic (exact) mass is 495 g/mol. The fraction of sp³-hybridized carbons (Fsp3) is 0.333. The van der Waals surface area contributed by atoms with E-state index >= 15 is 0 Å². The number of hydrogen-bond acceptors (Lipinski definition) is 4. The summed E-state index contributed by atoms with van der Waals surface area (Å²) in [4.78, 5) is 15.7. The van der Waals surface area contributed by atoms with Gasteiger partial charge in [0.1, 0.15) is 5.75 Å². The van der Waals surface area contributed by atoms with Crippen molar-refractivity contribution in [3.05, 3.63) is 64.7 Å². The Balaban J connectivity index is 0.00000280. The molecule has 0 atom stereocenters. The zero-order chi connectivity index (χ0) is 19.1. The minimum Gasteiger partial charge on any atom is -0.493 e. The number of fused-ring (bicyclic) bond motifs is 1. The number of benzene rings is 2. The Kier molecular flexibility index (Phi) is 8.56. The second-order valence-electron chi connectivity index (χ2n) is 6.33. The van der Waals surface area contributed by atoms with Crippen molar-refractivity contribution in [2.75, 3.05) is 27.3 Å². The summed E-state index contributed by atoms with van der Waals surface area (Å²) in [5.74, 6) is 1.43. The molecule has 1 heterocycles. The predicted octanol–water partition coefficient (Wildman–Crippen LogP) is 2.93. The van der Waals surface area contributed by atoms with E-state index in [1.807, 2.05) is 12.1 Å². The lowest BCUT2D eigenvalue weighted by molar-refractivity contribution is 0.0600. The summed E-state index contributed by atoms with van der Waals surface area (Å²) in [5.41, 5.74) is 4.19. The van der Waals surface area contributed by atoms with Crippen LogP contribution in [0.3, 0.4) is 0 Å². The van der Waals surface area contributed by atoms with Crippen molar-refractivity contribution < 1.29 is 14.3 Å². The fourth-order valence-electron chi connectivity index (χ4n) is 3.00. The Morgan fingerprint density at radius 2 is 1.89 bits per heavy atom. The molecule has 0 aliphatic carbocycles. The molecule has 2 N–H and O–H groups in total. The van der Waals surface area contributed by atoms with E-state index < -0.39 is 0 Å². The summed E-state index contributed by atoms with van der Waals surface area (Å²) in [6, 6.07) is 13.7. The maximum Gasteiger partial charge on any atom is 0.337 e. The van der Waals surface area contributed by atoms with E-state index in [0.29, 0.717) is 12.1 Å². The highest BCUT2D eigenvalue weighted by molar-refractivity contribution is 14.0. The molecule has 0 saturated heterocycles. The normalized spacial score (nSPS) is 12.4. The van der Waals surface area contributed by atoms with Gasteiger partial charge in [0.25, 0.3) is 0 Å². The smallest absolute Gasteiger partial charge is 0.337 e. The Hall–Kier alpha value is -2.29. The number of carbonyl (C=O) groups is 1. The average Bonchev–Trinajstić information content (AvgIpc) is 3.18. The molecule has 0 radical (unpaired) electrons. The molecule has 28 heavy (non-hydrogen) atoms. The van der Waals surface area contributed by atoms with Gasteiger partial charge in [-0.05, 0) is 41.3 Å². The van der Waals surface area contributed by atoms with Crippen LogP contribution in [0, 0.1) is 0 Å².